The van der Waals surface area contributed by atoms with Crippen molar-refractivity contribution in [3.8, 4) is 0 Å². The Morgan fingerprint density at radius 2 is 1.44 bits per heavy atom. The third-order valence-electron chi connectivity index (χ3n) is 11.2. The predicted molar refractivity (Wildman–Crippen MR) is 165 cm³/mol. The van der Waals surface area contributed by atoms with Gasteiger partial charge < -0.3 is 37.6 Å². The average molecular weight is 703 g/mol. The van der Waals surface area contributed by atoms with Gasteiger partial charge in [-0.25, -0.2) is 4.79 Å². The first-order valence-corrected chi connectivity index (χ1v) is 16.1. The highest BCUT2D eigenvalue weighted by molar-refractivity contribution is 5.95. The lowest BCUT2D eigenvalue weighted by Gasteiger charge is -2.62. The van der Waals surface area contributed by atoms with Gasteiger partial charge in [-0.2, -0.15) is 0 Å². The van der Waals surface area contributed by atoms with Gasteiger partial charge in [0.25, 0.3) is 0 Å². The topological polar surface area (TPSA) is 197 Å². The minimum atomic E-state index is -2.23. The molecule has 1 spiro atoms. The van der Waals surface area contributed by atoms with Crippen molar-refractivity contribution in [1.82, 2.24) is 0 Å². The van der Waals surface area contributed by atoms with E-state index in [1.54, 1.807) is 20.8 Å². The number of carbonyl (C=O) groups is 7. The van der Waals surface area contributed by atoms with Gasteiger partial charge >= 0.3 is 35.8 Å². The van der Waals surface area contributed by atoms with Crippen LogP contribution in [0.3, 0.4) is 0 Å². The minimum absolute atomic E-state index is 0.0801. The fourth-order valence-corrected chi connectivity index (χ4v) is 9.21. The number of fused-ring (bicyclic) bond motifs is 2. The largest absolute Gasteiger partial charge is 0.472 e. The molecule has 2 aliphatic carbocycles. The van der Waals surface area contributed by atoms with E-state index in [0.29, 0.717) is 5.56 Å². The van der Waals surface area contributed by atoms with E-state index >= 15 is 4.79 Å². The second kappa shape index (κ2) is 12.4. The molecule has 5 rings (SSSR count). The normalized spacial score (nSPS) is 38.4. The fraction of sp³-hybridized carbons (Fsp3) is 0.629. The predicted octanol–water partition coefficient (Wildman–Crippen LogP) is 2.73. The Morgan fingerprint density at radius 1 is 0.860 bits per heavy atom. The molecule has 11 unspecified atom stereocenters. The molecule has 0 radical (unpaired) electrons. The molecule has 1 aromatic rings. The van der Waals surface area contributed by atoms with Crippen LogP contribution in [-0.4, -0.2) is 84.8 Å². The van der Waals surface area contributed by atoms with Crippen molar-refractivity contribution >= 4 is 41.6 Å². The molecule has 4 aliphatic rings. The molecule has 272 valence electrons. The molecule has 2 saturated carbocycles. The van der Waals surface area contributed by atoms with Crippen molar-refractivity contribution in [2.75, 3.05) is 7.11 Å². The third kappa shape index (κ3) is 5.06. The number of cyclic esters (lactones) is 1. The summed E-state index contributed by atoms with van der Waals surface area (Å²) in [6, 6.07) is 1.51. The summed E-state index contributed by atoms with van der Waals surface area (Å²) in [5.74, 6) is -8.26. The van der Waals surface area contributed by atoms with E-state index in [-0.39, 0.29) is 5.57 Å². The van der Waals surface area contributed by atoms with E-state index in [2.05, 4.69) is 6.58 Å². The van der Waals surface area contributed by atoms with E-state index in [1.165, 1.54) is 32.6 Å². The molecule has 2 saturated heterocycles. The second-order valence-electron chi connectivity index (χ2n) is 14.4. The van der Waals surface area contributed by atoms with Crippen molar-refractivity contribution in [2.24, 2.45) is 28.1 Å². The number of rotatable bonds is 7. The van der Waals surface area contributed by atoms with E-state index in [0.717, 1.165) is 27.7 Å². The van der Waals surface area contributed by atoms with Crippen molar-refractivity contribution in [3.63, 3.8) is 0 Å². The maximum absolute atomic E-state index is 15.6. The maximum atomic E-state index is 15.6. The van der Waals surface area contributed by atoms with Gasteiger partial charge in [-0.3, -0.25) is 28.8 Å². The van der Waals surface area contributed by atoms with E-state index in [9.17, 15) is 28.8 Å². The SMILES string of the molecule is C=C1C2C(=O)C3(C)C(OC14C(OC(C)=O)C(=O)OC(c1ccoc1)C4(C)C2OC(C)=O)C(OC(C)=O)C(OC(C)=O)C(C)(C)C3CC(=O)OC. The molecule has 2 aliphatic heterocycles. The molecule has 0 aromatic carbocycles. The second-order valence-corrected chi connectivity index (χ2v) is 14.4. The molecule has 11 atom stereocenters. The van der Waals surface area contributed by atoms with Gasteiger partial charge in [-0.1, -0.05) is 20.4 Å². The standard InChI is InChI=1S/C35H42O15/c1-15-23-25(41)33(8)21(13-22(40)43-10)32(6,7)28(47-18(4)38)24(45-16(2)36)29(33)50-35(15)30(48-19(5)39)31(42)49-26(20-11-12-44-14-20)34(35,9)27(23)46-17(3)37/h11-12,14,21,23-24,26-30H,1,13H2,2-10H3. The Hall–Kier alpha value is -4.53. The molecular formula is C35H42O15. The summed E-state index contributed by atoms with van der Waals surface area (Å²) in [7, 11) is 1.17. The van der Waals surface area contributed by atoms with Gasteiger partial charge in [-0.05, 0) is 31.4 Å². The summed E-state index contributed by atoms with van der Waals surface area (Å²) >= 11 is 0. The Morgan fingerprint density at radius 3 is 1.96 bits per heavy atom. The van der Waals surface area contributed by atoms with Gasteiger partial charge in [0.15, 0.2) is 17.5 Å². The first-order valence-electron chi connectivity index (χ1n) is 16.1. The molecule has 3 heterocycles. The zero-order chi connectivity index (χ0) is 37.3. The monoisotopic (exact) mass is 702 g/mol. The first-order chi connectivity index (χ1) is 23.2. The van der Waals surface area contributed by atoms with Gasteiger partial charge in [0.05, 0.1) is 42.8 Å². The van der Waals surface area contributed by atoms with Gasteiger partial charge in [0.2, 0.25) is 6.10 Å². The van der Waals surface area contributed by atoms with Crippen LogP contribution in [0, 0.1) is 28.1 Å². The highest BCUT2D eigenvalue weighted by atomic mass is 16.7. The lowest BCUT2D eigenvalue weighted by atomic mass is 9.49. The highest BCUT2D eigenvalue weighted by Crippen LogP contribution is 2.71. The smallest absolute Gasteiger partial charge is 0.351 e. The summed E-state index contributed by atoms with van der Waals surface area (Å²) in [4.78, 5) is 93.8. The summed E-state index contributed by atoms with van der Waals surface area (Å²) in [5, 5.41) is 0. The van der Waals surface area contributed by atoms with Gasteiger partial charge in [0.1, 0.15) is 24.4 Å². The number of hydrogen-bond acceptors (Lipinski definition) is 15. The number of esters is 6. The summed E-state index contributed by atoms with van der Waals surface area (Å²) in [6.45, 7) is 15.1. The molecule has 0 amide bonds. The van der Waals surface area contributed by atoms with Crippen LogP contribution in [0.4, 0.5) is 0 Å². The van der Waals surface area contributed by atoms with Crippen LogP contribution in [0.25, 0.3) is 0 Å². The van der Waals surface area contributed by atoms with Crippen molar-refractivity contribution < 1.29 is 71.1 Å². The van der Waals surface area contributed by atoms with Crippen LogP contribution in [0.1, 0.15) is 73.5 Å². The zero-order valence-electron chi connectivity index (χ0n) is 29.4. The molecule has 50 heavy (non-hydrogen) atoms. The summed E-state index contributed by atoms with van der Waals surface area (Å²) in [6.07, 6.45) is -6.96. The molecule has 4 fully saturated rings. The lowest BCUT2D eigenvalue weighted by Crippen LogP contribution is -2.75. The van der Waals surface area contributed by atoms with Crippen LogP contribution < -0.4 is 0 Å². The quantitative estimate of drug-likeness (QED) is 0.228. The van der Waals surface area contributed by atoms with Gasteiger partial charge in [0, 0.05) is 38.7 Å². The molecule has 0 N–H and O–H groups in total. The average Bonchev–Trinajstić information content (AvgIpc) is 3.59. The summed E-state index contributed by atoms with van der Waals surface area (Å²) < 4.78 is 46.8. The number of methoxy groups -OCH3 is 1. The summed E-state index contributed by atoms with van der Waals surface area (Å²) in [5.41, 5.74) is -6.93. The first kappa shape index (κ1) is 36.7. The number of ketones is 1. The maximum Gasteiger partial charge on any atom is 0.351 e. The van der Waals surface area contributed by atoms with E-state index < -0.39 is 118 Å². The highest BCUT2D eigenvalue weighted by Gasteiger charge is 2.84. The van der Waals surface area contributed by atoms with Crippen molar-refractivity contribution in [3.05, 3.63) is 36.3 Å². The Kier molecular flexibility index (Phi) is 9.08. The number of carbonyl (C=O) groups excluding carboxylic acids is 7. The van der Waals surface area contributed by atoms with Crippen LogP contribution in [0.2, 0.25) is 0 Å². The number of Topliss-reactive ketones (excluding diaryl/α,β-unsaturated/α-hetero) is 1. The minimum Gasteiger partial charge on any atom is -0.472 e. The lowest BCUT2D eigenvalue weighted by molar-refractivity contribution is -0.317. The third-order valence-corrected chi connectivity index (χ3v) is 11.2. The molecule has 15 nitrogen and oxygen atoms in total. The number of hydrogen-bond donors (Lipinski definition) is 0. The zero-order valence-corrected chi connectivity index (χ0v) is 29.4. The Labute approximate surface area is 288 Å². The van der Waals surface area contributed by atoms with E-state index in [4.69, 9.17) is 37.6 Å². The van der Waals surface area contributed by atoms with Crippen molar-refractivity contribution in [2.45, 2.75) is 104 Å². The van der Waals surface area contributed by atoms with Gasteiger partial charge in [-0.15, -0.1) is 0 Å². The number of ether oxygens (including phenoxy) is 7. The van der Waals surface area contributed by atoms with Crippen LogP contribution in [-0.2, 0) is 66.7 Å². The van der Waals surface area contributed by atoms with Crippen LogP contribution in [0.15, 0.2) is 35.2 Å². The Balaban J connectivity index is 1.91. The molecular weight excluding hydrogens is 660 g/mol. The number of furan rings is 1. The van der Waals surface area contributed by atoms with Crippen LogP contribution in [0.5, 0.6) is 0 Å². The molecule has 15 heteroatoms. The van der Waals surface area contributed by atoms with Crippen molar-refractivity contribution in [1.29, 1.82) is 0 Å². The Bertz CT molecular complexity index is 1640. The van der Waals surface area contributed by atoms with E-state index in [1.807, 2.05) is 0 Å². The molecule has 1 aromatic heterocycles. The molecule has 2 bridgehead atoms. The van der Waals surface area contributed by atoms with Crippen LogP contribution >= 0.6 is 0 Å². The fourth-order valence-electron chi connectivity index (χ4n) is 9.21.